The van der Waals surface area contributed by atoms with Gasteiger partial charge in [0, 0.05) is 52.4 Å². The molecule has 0 aromatic carbocycles. The zero-order valence-corrected chi connectivity index (χ0v) is 8.63. The number of likely N-dealkylation sites (N-methyl/N-ethyl adjacent to an activating group) is 1. The molecule has 78 valence electrons. The molecule has 1 fully saturated rings. The molecule has 0 bridgehead atoms. The van der Waals surface area contributed by atoms with E-state index in [1.54, 1.807) is 0 Å². The van der Waals surface area contributed by atoms with Gasteiger partial charge in [0.05, 0.1) is 0 Å². The van der Waals surface area contributed by atoms with E-state index < -0.39 is 0 Å². The summed E-state index contributed by atoms with van der Waals surface area (Å²) in [6.45, 7) is 8.74. The van der Waals surface area contributed by atoms with Gasteiger partial charge in [0.25, 0.3) is 0 Å². The van der Waals surface area contributed by atoms with Crippen LogP contribution in [0.1, 0.15) is 0 Å². The summed E-state index contributed by atoms with van der Waals surface area (Å²) >= 11 is 0. The number of rotatable bonds is 5. The molecule has 1 aliphatic heterocycles. The molecule has 1 rings (SSSR count). The fraction of sp³-hybridized carbons (Fsp3) is 1.00. The summed E-state index contributed by atoms with van der Waals surface area (Å²) in [4.78, 5) is 4.88. The van der Waals surface area contributed by atoms with Crippen molar-refractivity contribution in [2.75, 3.05) is 59.4 Å². The molecule has 3 N–H and O–H groups in total. The Labute approximate surface area is 81.1 Å². The van der Waals surface area contributed by atoms with Gasteiger partial charge < -0.3 is 16.0 Å². The Kier molecular flexibility index (Phi) is 5.31. The van der Waals surface area contributed by atoms with Crippen molar-refractivity contribution in [1.29, 1.82) is 0 Å². The highest BCUT2D eigenvalue weighted by Crippen LogP contribution is 1.97. The van der Waals surface area contributed by atoms with E-state index >= 15 is 0 Å². The van der Waals surface area contributed by atoms with Crippen LogP contribution < -0.4 is 11.1 Å². The Morgan fingerprint density at radius 3 is 2.46 bits per heavy atom. The van der Waals surface area contributed by atoms with Crippen molar-refractivity contribution in [3.63, 3.8) is 0 Å². The summed E-state index contributed by atoms with van der Waals surface area (Å²) in [5, 5.41) is 3.31. The number of hydrogen-bond acceptors (Lipinski definition) is 4. The fourth-order valence-electron chi connectivity index (χ4n) is 1.54. The minimum Gasteiger partial charge on any atom is -0.329 e. The van der Waals surface area contributed by atoms with Crippen LogP contribution in [0.5, 0.6) is 0 Å². The molecule has 0 spiro atoms. The molecule has 4 heteroatoms. The Hall–Kier alpha value is -0.160. The van der Waals surface area contributed by atoms with Gasteiger partial charge in [-0.1, -0.05) is 0 Å². The van der Waals surface area contributed by atoms with Gasteiger partial charge in [0.1, 0.15) is 0 Å². The first kappa shape index (κ1) is 10.9. The molecular formula is C9H22N4. The molecule has 13 heavy (non-hydrogen) atoms. The van der Waals surface area contributed by atoms with E-state index in [-0.39, 0.29) is 0 Å². The summed E-state index contributed by atoms with van der Waals surface area (Å²) in [6, 6.07) is 0. The minimum atomic E-state index is 0.739. The molecule has 0 saturated carbocycles. The lowest BCUT2D eigenvalue weighted by molar-refractivity contribution is 0.155. The summed E-state index contributed by atoms with van der Waals surface area (Å²) in [5.41, 5.74) is 5.38. The highest BCUT2D eigenvalue weighted by atomic mass is 15.2. The fourth-order valence-corrected chi connectivity index (χ4v) is 1.54. The highest BCUT2D eigenvalue weighted by molar-refractivity contribution is 4.69. The lowest BCUT2D eigenvalue weighted by atomic mass is 10.3. The van der Waals surface area contributed by atoms with E-state index in [0.717, 1.165) is 26.2 Å². The van der Waals surface area contributed by atoms with E-state index in [4.69, 9.17) is 5.73 Å². The number of piperazine rings is 1. The third-order valence-electron chi connectivity index (χ3n) is 2.52. The molecule has 0 amide bonds. The van der Waals surface area contributed by atoms with Crippen molar-refractivity contribution in [1.82, 2.24) is 15.1 Å². The second kappa shape index (κ2) is 6.32. The molecule has 1 saturated heterocycles. The molecule has 0 aromatic rings. The summed E-state index contributed by atoms with van der Waals surface area (Å²) in [6.07, 6.45) is 0. The van der Waals surface area contributed by atoms with Gasteiger partial charge in [-0.05, 0) is 7.05 Å². The van der Waals surface area contributed by atoms with Crippen LogP contribution in [0.15, 0.2) is 0 Å². The molecule has 0 atom stereocenters. The first-order chi connectivity index (χ1) is 6.33. The van der Waals surface area contributed by atoms with E-state index in [1.165, 1.54) is 26.2 Å². The van der Waals surface area contributed by atoms with Gasteiger partial charge in [0.2, 0.25) is 0 Å². The first-order valence-electron chi connectivity index (χ1n) is 5.14. The van der Waals surface area contributed by atoms with Gasteiger partial charge in [-0.25, -0.2) is 0 Å². The van der Waals surface area contributed by atoms with Gasteiger partial charge in [0.15, 0.2) is 0 Å². The zero-order valence-electron chi connectivity index (χ0n) is 8.63. The number of nitrogens with two attached hydrogens (primary N) is 1. The minimum absolute atomic E-state index is 0.739. The smallest absolute Gasteiger partial charge is 0.0110 e. The Morgan fingerprint density at radius 2 is 1.85 bits per heavy atom. The SMILES string of the molecule is CN1CCN(CCNCCN)CC1. The van der Waals surface area contributed by atoms with Crippen molar-refractivity contribution in [3.05, 3.63) is 0 Å². The zero-order chi connectivity index (χ0) is 9.52. The molecule has 4 nitrogen and oxygen atoms in total. The topological polar surface area (TPSA) is 44.5 Å². The number of nitrogens with one attached hydrogen (secondary N) is 1. The largest absolute Gasteiger partial charge is 0.329 e. The van der Waals surface area contributed by atoms with Crippen LogP contribution in [0.4, 0.5) is 0 Å². The number of nitrogens with zero attached hydrogens (tertiary/aromatic N) is 2. The standard InChI is InChI=1S/C9H22N4/c1-12-6-8-13(9-7-12)5-4-11-3-2-10/h11H,2-10H2,1H3. The van der Waals surface area contributed by atoms with Crippen LogP contribution in [0.2, 0.25) is 0 Å². The monoisotopic (exact) mass is 186 g/mol. The molecule has 0 radical (unpaired) electrons. The maximum absolute atomic E-state index is 5.38. The molecule has 1 aliphatic rings. The maximum Gasteiger partial charge on any atom is 0.0110 e. The Bertz CT molecular complexity index is 121. The van der Waals surface area contributed by atoms with Crippen LogP contribution in [-0.2, 0) is 0 Å². The van der Waals surface area contributed by atoms with Crippen LogP contribution >= 0.6 is 0 Å². The van der Waals surface area contributed by atoms with Crippen molar-refractivity contribution in [3.8, 4) is 0 Å². The summed E-state index contributed by atoms with van der Waals surface area (Å²) in [5.74, 6) is 0. The van der Waals surface area contributed by atoms with Crippen molar-refractivity contribution >= 4 is 0 Å². The molecule has 0 unspecified atom stereocenters. The van der Waals surface area contributed by atoms with Gasteiger partial charge in [-0.15, -0.1) is 0 Å². The summed E-state index contributed by atoms with van der Waals surface area (Å²) < 4.78 is 0. The maximum atomic E-state index is 5.38. The van der Waals surface area contributed by atoms with Crippen LogP contribution in [-0.4, -0.2) is 69.2 Å². The van der Waals surface area contributed by atoms with E-state index in [0.29, 0.717) is 0 Å². The second-order valence-electron chi connectivity index (χ2n) is 3.68. The van der Waals surface area contributed by atoms with Gasteiger partial charge >= 0.3 is 0 Å². The lowest BCUT2D eigenvalue weighted by Gasteiger charge is -2.32. The predicted molar refractivity (Wildman–Crippen MR) is 55.9 cm³/mol. The van der Waals surface area contributed by atoms with Gasteiger partial charge in [-0.2, -0.15) is 0 Å². The van der Waals surface area contributed by atoms with Crippen molar-refractivity contribution < 1.29 is 0 Å². The van der Waals surface area contributed by atoms with Crippen LogP contribution in [0, 0.1) is 0 Å². The lowest BCUT2D eigenvalue weighted by Crippen LogP contribution is -2.46. The molecule has 0 aliphatic carbocycles. The van der Waals surface area contributed by atoms with Crippen molar-refractivity contribution in [2.24, 2.45) is 5.73 Å². The van der Waals surface area contributed by atoms with Gasteiger partial charge in [-0.3, -0.25) is 4.90 Å². The molecular weight excluding hydrogens is 164 g/mol. The average Bonchev–Trinajstić information content (AvgIpc) is 2.15. The van der Waals surface area contributed by atoms with E-state index in [9.17, 15) is 0 Å². The molecule has 1 heterocycles. The third kappa shape index (κ3) is 4.57. The number of hydrogen-bond donors (Lipinski definition) is 2. The van der Waals surface area contributed by atoms with E-state index in [2.05, 4.69) is 22.2 Å². The quantitative estimate of drug-likeness (QED) is 0.528. The van der Waals surface area contributed by atoms with E-state index in [1.807, 2.05) is 0 Å². The summed E-state index contributed by atoms with van der Waals surface area (Å²) in [7, 11) is 2.18. The van der Waals surface area contributed by atoms with Crippen molar-refractivity contribution in [2.45, 2.75) is 0 Å². The molecule has 0 aromatic heterocycles. The average molecular weight is 186 g/mol. The van der Waals surface area contributed by atoms with Crippen LogP contribution in [0.25, 0.3) is 0 Å². The highest BCUT2D eigenvalue weighted by Gasteiger charge is 2.12. The second-order valence-corrected chi connectivity index (χ2v) is 3.68. The normalized spacial score (nSPS) is 20.8. The Balaban J connectivity index is 1.96. The first-order valence-corrected chi connectivity index (χ1v) is 5.14. The Morgan fingerprint density at radius 1 is 1.15 bits per heavy atom. The van der Waals surface area contributed by atoms with Crippen LogP contribution in [0.3, 0.4) is 0 Å². The third-order valence-corrected chi connectivity index (χ3v) is 2.52. The predicted octanol–water partition coefficient (Wildman–Crippen LogP) is -1.22.